The molecule has 0 saturated heterocycles. The van der Waals surface area contributed by atoms with Crippen LogP contribution in [-0.2, 0) is 4.79 Å². The number of hydrogen-bond donors (Lipinski definition) is 0. The van der Waals surface area contributed by atoms with Gasteiger partial charge in [-0.2, -0.15) is 0 Å². The Hall–Kier alpha value is -0.373. The third kappa shape index (κ3) is 3.56. The fourth-order valence-electron chi connectivity index (χ4n) is 2.71. The van der Waals surface area contributed by atoms with Crippen molar-refractivity contribution in [3.05, 3.63) is 11.3 Å². The molecule has 1 saturated carbocycles. The molecule has 0 heterocycles. The van der Waals surface area contributed by atoms with Gasteiger partial charge in [0.25, 0.3) is 0 Å². The first kappa shape index (κ1) is 15.7. The minimum atomic E-state index is -1.67. The van der Waals surface area contributed by atoms with E-state index in [1.165, 1.54) is 37.3 Å². The first-order valence-corrected chi connectivity index (χ1v) is 10.4. The molecule has 104 valence electrons. The van der Waals surface area contributed by atoms with Gasteiger partial charge in [0.1, 0.15) is 0 Å². The molecule has 1 aliphatic rings. The van der Waals surface area contributed by atoms with Crippen molar-refractivity contribution in [2.24, 2.45) is 5.92 Å². The molecule has 2 heteroatoms. The number of hydrogen-bond acceptors (Lipinski definition) is 1. The van der Waals surface area contributed by atoms with E-state index in [-0.39, 0.29) is 5.04 Å². The zero-order chi connectivity index (χ0) is 14.0. The second-order valence-corrected chi connectivity index (χ2v) is 12.7. The van der Waals surface area contributed by atoms with Crippen LogP contribution in [0.3, 0.4) is 0 Å². The second-order valence-electron chi connectivity index (χ2n) is 7.41. The summed E-state index contributed by atoms with van der Waals surface area (Å²) in [5.41, 5.74) is 0. The van der Waals surface area contributed by atoms with E-state index in [1.807, 2.05) is 0 Å². The zero-order valence-electron chi connectivity index (χ0n) is 13.1. The Morgan fingerprint density at radius 3 is 2.00 bits per heavy atom. The monoisotopic (exact) mass is 266 g/mol. The third-order valence-corrected chi connectivity index (χ3v) is 10.6. The van der Waals surface area contributed by atoms with Crippen LogP contribution in [0.2, 0.25) is 18.1 Å². The van der Waals surface area contributed by atoms with Gasteiger partial charge in [-0.3, -0.25) is 4.79 Å². The van der Waals surface area contributed by atoms with Gasteiger partial charge in [-0.05, 0) is 35.9 Å². The number of rotatable bonds is 3. The second kappa shape index (κ2) is 5.73. The number of Topliss-reactive ketones (excluding diaryl/α,β-unsaturated/α-hetero) is 1. The van der Waals surface area contributed by atoms with Crippen molar-refractivity contribution in [3.8, 4) is 0 Å². The lowest BCUT2D eigenvalue weighted by molar-refractivity contribution is -0.113. The van der Waals surface area contributed by atoms with E-state index in [0.717, 1.165) is 0 Å². The van der Waals surface area contributed by atoms with E-state index >= 15 is 0 Å². The number of ketones is 1. The van der Waals surface area contributed by atoms with Crippen LogP contribution in [0, 0.1) is 5.92 Å². The molecule has 0 aromatic heterocycles. The number of carbonyl (C=O) groups is 1. The van der Waals surface area contributed by atoms with Crippen molar-refractivity contribution in [3.63, 3.8) is 0 Å². The average molecular weight is 267 g/mol. The summed E-state index contributed by atoms with van der Waals surface area (Å²) in [4.78, 5) is 12.1. The third-order valence-electron chi connectivity index (χ3n) is 4.98. The average Bonchev–Trinajstić information content (AvgIpc) is 2.25. The van der Waals surface area contributed by atoms with Gasteiger partial charge in [0.05, 0.1) is 8.07 Å². The predicted octanol–water partition coefficient (Wildman–Crippen LogP) is 5.13. The van der Waals surface area contributed by atoms with Crippen LogP contribution in [0.4, 0.5) is 0 Å². The molecular weight excluding hydrogens is 236 g/mol. The molecule has 0 aromatic carbocycles. The molecular formula is C16H30OSi. The molecule has 0 aromatic rings. The summed E-state index contributed by atoms with van der Waals surface area (Å²) < 4.78 is 0. The largest absolute Gasteiger partial charge is 0.295 e. The molecule has 0 radical (unpaired) electrons. The van der Waals surface area contributed by atoms with Crippen LogP contribution in [-0.4, -0.2) is 13.9 Å². The van der Waals surface area contributed by atoms with Crippen molar-refractivity contribution < 1.29 is 4.79 Å². The fourth-order valence-corrected chi connectivity index (χ4v) is 5.05. The SMILES string of the molecule is CC(=O)/C(=C/C1CCCCC1)[Si](C)(C)C(C)(C)C. The first-order valence-electron chi connectivity index (χ1n) is 7.39. The van der Waals surface area contributed by atoms with Gasteiger partial charge in [-0.15, -0.1) is 0 Å². The molecule has 18 heavy (non-hydrogen) atoms. The smallest absolute Gasteiger partial charge is 0.151 e. The van der Waals surface area contributed by atoms with E-state index in [4.69, 9.17) is 0 Å². The van der Waals surface area contributed by atoms with Crippen LogP contribution >= 0.6 is 0 Å². The highest BCUT2D eigenvalue weighted by Crippen LogP contribution is 2.42. The lowest BCUT2D eigenvalue weighted by atomic mass is 9.89. The van der Waals surface area contributed by atoms with Crippen LogP contribution in [0.25, 0.3) is 0 Å². The summed E-state index contributed by atoms with van der Waals surface area (Å²) in [5, 5.41) is 1.43. The summed E-state index contributed by atoms with van der Waals surface area (Å²) in [6.07, 6.45) is 8.98. The van der Waals surface area contributed by atoms with Crippen molar-refractivity contribution in [2.75, 3.05) is 0 Å². The first-order chi connectivity index (χ1) is 8.16. The Labute approximate surface area is 114 Å². The predicted molar refractivity (Wildman–Crippen MR) is 82.5 cm³/mol. The maximum absolute atomic E-state index is 12.1. The molecule has 1 fully saturated rings. The Bertz CT molecular complexity index is 327. The van der Waals surface area contributed by atoms with Crippen LogP contribution in [0.5, 0.6) is 0 Å². The highest BCUT2D eigenvalue weighted by molar-refractivity contribution is 6.90. The quantitative estimate of drug-likeness (QED) is 0.511. The van der Waals surface area contributed by atoms with Crippen LogP contribution in [0.15, 0.2) is 11.3 Å². The zero-order valence-corrected chi connectivity index (χ0v) is 14.1. The summed E-state index contributed by atoms with van der Waals surface area (Å²) in [7, 11) is -1.67. The maximum Gasteiger partial charge on any atom is 0.151 e. The molecule has 1 rings (SSSR count). The van der Waals surface area contributed by atoms with Gasteiger partial charge >= 0.3 is 0 Å². The molecule has 1 nitrogen and oxygen atoms in total. The standard InChI is InChI=1S/C16H30OSi/c1-13(17)15(18(5,6)16(2,3)4)12-14-10-8-7-9-11-14/h12,14H,7-11H2,1-6H3/b15-12-. The molecule has 0 bridgehead atoms. The Morgan fingerprint density at radius 2 is 1.61 bits per heavy atom. The summed E-state index contributed by atoms with van der Waals surface area (Å²) >= 11 is 0. The highest BCUT2D eigenvalue weighted by atomic mass is 28.3. The molecule has 0 atom stereocenters. The molecule has 0 unspecified atom stereocenters. The topological polar surface area (TPSA) is 17.1 Å². The number of carbonyl (C=O) groups excluding carboxylic acids is 1. The van der Waals surface area contributed by atoms with E-state index in [2.05, 4.69) is 39.9 Å². The van der Waals surface area contributed by atoms with Gasteiger partial charge in [0.2, 0.25) is 0 Å². The lowest BCUT2D eigenvalue weighted by Gasteiger charge is -2.39. The fraction of sp³-hybridized carbons (Fsp3) is 0.812. The minimum Gasteiger partial charge on any atom is -0.295 e. The number of allylic oxidation sites excluding steroid dienone is 2. The van der Waals surface area contributed by atoms with E-state index in [0.29, 0.717) is 11.7 Å². The van der Waals surface area contributed by atoms with Crippen molar-refractivity contribution >= 4 is 13.9 Å². The maximum atomic E-state index is 12.1. The van der Waals surface area contributed by atoms with Crippen LogP contribution < -0.4 is 0 Å². The Balaban J connectivity index is 3.02. The Morgan fingerprint density at radius 1 is 1.11 bits per heavy atom. The highest BCUT2D eigenvalue weighted by Gasteiger charge is 2.40. The molecule has 1 aliphatic carbocycles. The molecule has 0 amide bonds. The van der Waals surface area contributed by atoms with E-state index in [1.54, 1.807) is 6.92 Å². The van der Waals surface area contributed by atoms with Gasteiger partial charge in [-0.25, -0.2) is 0 Å². The summed E-state index contributed by atoms with van der Waals surface area (Å²) in [6, 6.07) is 0. The molecule has 0 N–H and O–H groups in total. The molecule has 0 spiro atoms. The Kier molecular flexibility index (Phi) is 4.99. The summed E-state index contributed by atoms with van der Waals surface area (Å²) in [5.74, 6) is 0.971. The van der Waals surface area contributed by atoms with Gasteiger partial charge < -0.3 is 0 Å². The van der Waals surface area contributed by atoms with E-state index < -0.39 is 8.07 Å². The normalized spacial score (nSPS) is 20.0. The van der Waals surface area contributed by atoms with Gasteiger partial charge in [0, 0.05) is 0 Å². The minimum absolute atomic E-state index is 0.249. The van der Waals surface area contributed by atoms with Gasteiger partial charge in [-0.1, -0.05) is 59.2 Å². The molecule has 0 aliphatic heterocycles. The lowest BCUT2D eigenvalue weighted by Crippen LogP contribution is -2.42. The van der Waals surface area contributed by atoms with E-state index in [9.17, 15) is 4.79 Å². The van der Waals surface area contributed by atoms with Crippen molar-refractivity contribution in [1.29, 1.82) is 0 Å². The van der Waals surface area contributed by atoms with Crippen LogP contribution in [0.1, 0.15) is 59.8 Å². The van der Waals surface area contributed by atoms with Crippen molar-refractivity contribution in [1.82, 2.24) is 0 Å². The van der Waals surface area contributed by atoms with Gasteiger partial charge in [0.15, 0.2) is 5.78 Å². The summed E-state index contributed by atoms with van der Waals surface area (Å²) in [6.45, 7) is 13.3. The van der Waals surface area contributed by atoms with Crippen molar-refractivity contribution in [2.45, 2.75) is 77.9 Å².